The van der Waals surface area contributed by atoms with Gasteiger partial charge in [0.1, 0.15) is 5.78 Å². The molecule has 1 aromatic carbocycles. The number of nitrogens with zero attached hydrogens (tertiary/aromatic N) is 1. The largest absolute Gasteiger partial charge is 0.325 e. The van der Waals surface area contributed by atoms with Crippen molar-refractivity contribution in [2.75, 3.05) is 25.0 Å². The third-order valence-corrected chi connectivity index (χ3v) is 3.33. The van der Waals surface area contributed by atoms with Crippen LogP contribution in [-0.4, -0.2) is 42.0 Å². The Hall–Kier alpha value is -2.01. The molecule has 0 aliphatic carbocycles. The third-order valence-electron chi connectivity index (χ3n) is 3.33. The number of Topliss-reactive ketones (excluding diaryl/α,β-unsaturated/α-hetero) is 2. The number of hydrogen-bond acceptors (Lipinski definition) is 4. The first-order chi connectivity index (χ1) is 9.54. The van der Waals surface area contributed by atoms with Crippen LogP contribution >= 0.6 is 0 Å². The molecule has 0 aromatic heterocycles. The fraction of sp³-hybridized carbons (Fsp3) is 0.400. The molecule has 1 heterocycles. The van der Waals surface area contributed by atoms with Gasteiger partial charge in [-0.15, -0.1) is 0 Å². The van der Waals surface area contributed by atoms with E-state index in [2.05, 4.69) is 5.32 Å². The van der Waals surface area contributed by atoms with Crippen molar-refractivity contribution in [1.29, 1.82) is 0 Å². The first-order valence-corrected chi connectivity index (χ1v) is 6.69. The maximum absolute atomic E-state index is 11.9. The van der Waals surface area contributed by atoms with Crippen LogP contribution in [0.1, 0.15) is 30.1 Å². The summed E-state index contributed by atoms with van der Waals surface area (Å²) in [7, 11) is 0. The number of piperidine rings is 1. The number of carbonyl (C=O) groups excluding carboxylic acids is 3. The fourth-order valence-corrected chi connectivity index (χ4v) is 2.18. The Kier molecular flexibility index (Phi) is 4.63. The number of carbonyl (C=O) groups is 3. The summed E-state index contributed by atoms with van der Waals surface area (Å²) in [4.78, 5) is 36.3. The van der Waals surface area contributed by atoms with E-state index in [4.69, 9.17) is 0 Å². The number of nitrogens with one attached hydrogen (secondary N) is 1. The third kappa shape index (κ3) is 3.99. The van der Waals surface area contributed by atoms with E-state index >= 15 is 0 Å². The van der Waals surface area contributed by atoms with Gasteiger partial charge in [0.2, 0.25) is 5.91 Å². The summed E-state index contributed by atoms with van der Waals surface area (Å²) in [6, 6.07) is 6.88. The van der Waals surface area contributed by atoms with Gasteiger partial charge in [-0.3, -0.25) is 19.3 Å². The number of benzene rings is 1. The zero-order valence-electron chi connectivity index (χ0n) is 11.5. The van der Waals surface area contributed by atoms with Crippen LogP contribution in [0.3, 0.4) is 0 Å². The molecule has 1 aromatic rings. The standard InChI is InChI=1S/C15H18N2O3/c1-11(18)12-3-2-4-13(9-12)16-15(20)10-17-7-5-14(19)6-8-17/h2-4,9H,5-8,10H2,1H3,(H,16,20). The van der Waals surface area contributed by atoms with Gasteiger partial charge in [-0.1, -0.05) is 12.1 Å². The van der Waals surface area contributed by atoms with E-state index in [-0.39, 0.29) is 24.0 Å². The molecular formula is C15H18N2O3. The normalized spacial score (nSPS) is 15.9. The average Bonchev–Trinajstić information content (AvgIpc) is 2.41. The lowest BCUT2D eigenvalue weighted by atomic mass is 10.1. The van der Waals surface area contributed by atoms with Gasteiger partial charge in [0.15, 0.2) is 5.78 Å². The van der Waals surface area contributed by atoms with Crippen molar-refractivity contribution in [3.63, 3.8) is 0 Å². The Morgan fingerprint density at radius 2 is 1.95 bits per heavy atom. The molecule has 20 heavy (non-hydrogen) atoms. The van der Waals surface area contributed by atoms with Crippen LogP contribution in [0.25, 0.3) is 0 Å². The predicted molar refractivity (Wildman–Crippen MR) is 75.8 cm³/mol. The van der Waals surface area contributed by atoms with Crippen LogP contribution < -0.4 is 5.32 Å². The first kappa shape index (κ1) is 14.4. The molecule has 1 N–H and O–H groups in total. The lowest BCUT2D eigenvalue weighted by molar-refractivity contribution is -0.124. The van der Waals surface area contributed by atoms with Gasteiger partial charge >= 0.3 is 0 Å². The molecule has 0 bridgehead atoms. The van der Waals surface area contributed by atoms with Crippen LogP contribution in [0.2, 0.25) is 0 Å². The highest BCUT2D eigenvalue weighted by atomic mass is 16.2. The molecule has 1 aliphatic rings. The van der Waals surface area contributed by atoms with E-state index in [0.29, 0.717) is 37.2 Å². The molecule has 2 rings (SSSR count). The van der Waals surface area contributed by atoms with E-state index in [9.17, 15) is 14.4 Å². The lowest BCUT2D eigenvalue weighted by Gasteiger charge is -2.24. The Labute approximate surface area is 118 Å². The number of hydrogen-bond donors (Lipinski definition) is 1. The van der Waals surface area contributed by atoms with Crippen molar-refractivity contribution in [1.82, 2.24) is 4.90 Å². The molecule has 1 fully saturated rings. The Morgan fingerprint density at radius 1 is 1.25 bits per heavy atom. The molecule has 0 radical (unpaired) electrons. The molecule has 1 amide bonds. The molecule has 5 heteroatoms. The number of rotatable bonds is 4. The minimum atomic E-state index is -0.125. The first-order valence-electron chi connectivity index (χ1n) is 6.69. The molecule has 0 spiro atoms. The van der Waals surface area contributed by atoms with Crippen LogP contribution in [0.4, 0.5) is 5.69 Å². The second kappa shape index (κ2) is 6.43. The Bertz CT molecular complexity index is 530. The highest BCUT2D eigenvalue weighted by Gasteiger charge is 2.18. The second-order valence-electron chi connectivity index (χ2n) is 5.00. The van der Waals surface area contributed by atoms with Crippen LogP contribution in [0.5, 0.6) is 0 Å². The summed E-state index contributed by atoms with van der Waals surface area (Å²) in [5.41, 5.74) is 1.20. The number of likely N-dealkylation sites (tertiary alicyclic amines) is 1. The SMILES string of the molecule is CC(=O)c1cccc(NC(=O)CN2CCC(=O)CC2)c1. The van der Waals surface area contributed by atoms with Crippen molar-refractivity contribution in [2.45, 2.75) is 19.8 Å². The van der Waals surface area contributed by atoms with Crippen LogP contribution in [-0.2, 0) is 9.59 Å². The highest BCUT2D eigenvalue weighted by molar-refractivity contribution is 5.97. The van der Waals surface area contributed by atoms with Gasteiger partial charge in [0, 0.05) is 37.2 Å². The molecular weight excluding hydrogens is 256 g/mol. The zero-order valence-corrected chi connectivity index (χ0v) is 11.5. The lowest BCUT2D eigenvalue weighted by Crippen LogP contribution is -2.39. The van der Waals surface area contributed by atoms with Crippen molar-refractivity contribution >= 4 is 23.2 Å². The van der Waals surface area contributed by atoms with Gasteiger partial charge < -0.3 is 5.32 Å². The van der Waals surface area contributed by atoms with Gasteiger partial charge in [-0.2, -0.15) is 0 Å². The molecule has 106 valence electrons. The second-order valence-corrected chi connectivity index (χ2v) is 5.00. The van der Waals surface area contributed by atoms with Crippen molar-refractivity contribution in [2.24, 2.45) is 0 Å². The molecule has 0 saturated carbocycles. The monoisotopic (exact) mass is 274 g/mol. The molecule has 5 nitrogen and oxygen atoms in total. The van der Waals surface area contributed by atoms with Crippen molar-refractivity contribution in [3.8, 4) is 0 Å². The Morgan fingerprint density at radius 3 is 2.60 bits per heavy atom. The van der Waals surface area contributed by atoms with E-state index < -0.39 is 0 Å². The topological polar surface area (TPSA) is 66.5 Å². The summed E-state index contributed by atoms with van der Waals surface area (Å²) >= 11 is 0. The number of amides is 1. The molecule has 1 saturated heterocycles. The van der Waals surface area contributed by atoms with Crippen LogP contribution in [0, 0.1) is 0 Å². The predicted octanol–water partition coefficient (Wildman–Crippen LogP) is 1.49. The summed E-state index contributed by atoms with van der Waals surface area (Å²) in [5, 5.41) is 2.78. The summed E-state index contributed by atoms with van der Waals surface area (Å²) in [5.74, 6) is 0.103. The smallest absolute Gasteiger partial charge is 0.238 e. The molecule has 1 aliphatic heterocycles. The summed E-state index contributed by atoms with van der Waals surface area (Å²) < 4.78 is 0. The minimum Gasteiger partial charge on any atom is -0.325 e. The summed E-state index contributed by atoms with van der Waals surface area (Å²) in [6.07, 6.45) is 1.04. The molecule has 0 unspecified atom stereocenters. The van der Waals surface area contributed by atoms with Gasteiger partial charge in [-0.25, -0.2) is 0 Å². The van der Waals surface area contributed by atoms with E-state index in [1.54, 1.807) is 24.3 Å². The quantitative estimate of drug-likeness (QED) is 0.845. The van der Waals surface area contributed by atoms with Crippen molar-refractivity contribution in [3.05, 3.63) is 29.8 Å². The fourth-order valence-electron chi connectivity index (χ4n) is 2.18. The van der Waals surface area contributed by atoms with E-state index in [0.717, 1.165) is 0 Å². The zero-order chi connectivity index (χ0) is 14.5. The van der Waals surface area contributed by atoms with Crippen molar-refractivity contribution < 1.29 is 14.4 Å². The van der Waals surface area contributed by atoms with Gasteiger partial charge in [0.25, 0.3) is 0 Å². The maximum atomic E-state index is 11.9. The number of anilines is 1. The maximum Gasteiger partial charge on any atom is 0.238 e. The summed E-state index contributed by atoms with van der Waals surface area (Å²) in [6.45, 7) is 3.04. The van der Waals surface area contributed by atoms with E-state index in [1.165, 1.54) is 6.92 Å². The molecule has 0 atom stereocenters. The van der Waals surface area contributed by atoms with E-state index in [1.807, 2.05) is 4.90 Å². The van der Waals surface area contributed by atoms with Gasteiger partial charge in [-0.05, 0) is 19.1 Å². The highest BCUT2D eigenvalue weighted by Crippen LogP contribution is 2.12. The average molecular weight is 274 g/mol. The van der Waals surface area contributed by atoms with Gasteiger partial charge in [0.05, 0.1) is 6.54 Å². The minimum absolute atomic E-state index is 0.0318. The Balaban J connectivity index is 1.89. The number of ketones is 2. The van der Waals surface area contributed by atoms with Crippen LogP contribution in [0.15, 0.2) is 24.3 Å².